The van der Waals surface area contributed by atoms with Crippen LogP contribution in [0.5, 0.6) is 0 Å². The fourth-order valence-electron chi connectivity index (χ4n) is 4.25. The van der Waals surface area contributed by atoms with E-state index in [9.17, 15) is 0 Å². The molecule has 0 saturated carbocycles. The average molecular weight is 338 g/mol. The third-order valence-corrected chi connectivity index (χ3v) is 5.35. The van der Waals surface area contributed by atoms with Crippen LogP contribution in [0.25, 0.3) is 39.1 Å². The molecule has 5 heterocycles. The van der Waals surface area contributed by atoms with Crippen molar-refractivity contribution in [2.45, 2.75) is 6.54 Å². The van der Waals surface area contributed by atoms with Crippen molar-refractivity contribution in [3.63, 3.8) is 0 Å². The molecule has 5 heteroatoms. The zero-order valence-electron chi connectivity index (χ0n) is 14.3. The molecule has 0 spiro atoms. The first-order valence-electron chi connectivity index (χ1n) is 8.71. The molecule has 0 radical (unpaired) electrons. The van der Waals surface area contributed by atoms with E-state index in [1.54, 1.807) is 0 Å². The van der Waals surface area contributed by atoms with Gasteiger partial charge in [-0.2, -0.15) is 4.57 Å². The Balaban J connectivity index is 1.87. The lowest BCUT2D eigenvalue weighted by atomic mass is 10.2. The predicted octanol–water partition coefficient (Wildman–Crippen LogP) is 3.23. The maximum absolute atomic E-state index is 4.62. The molecule has 0 unspecified atom stereocenters. The van der Waals surface area contributed by atoms with Crippen LogP contribution in [-0.2, 0) is 13.6 Å². The van der Waals surface area contributed by atoms with Crippen molar-refractivity contribution in [2.24, 2.45) is 7.05 Å². The van der Waals surface area contributed by atoms with Crippen molar-refractivity contribution >= 4 is 22.1 Å². The molecular formula is C21H16N5+. The molecule has 4 aromatic heterocycles. The number of nitrogens with zero attached hydrogens (tertiary/aromatic N) is 5. The molecule has 1 aliphatic heterocycles. The number of para-hydroxylation sites is 1. The quantitative estimate of drug-likeness (QED) is 0.432. The van der Waals surface area contributed by atoms with Gasteiger partial charge in [0.05, 0.1) is 28.4 Å². The van der Waals surface area contributed by atoms with Gasteiger partial charge in [-0.15, -0.1) is 0 Å². The fraction of sp³-hybridized carbons (Fsp3) is 0.0952. The normalized spacial score (nSPS) is 12.7. The molecule has 0 fully saturated rings. The number of benzene rings is 1. The van der Waals surface area contributed by atoms with E-state index in [2.05, 4.69) is 73.2 Å². The molecule has 5 nitrogen and oxygen atoms in total. The lowest BCUT2D eigenvalue weighted by molar-refractivity contribution is -0.645. The minimum Gasteiger partial charge on any atom is -0.306 e. The smallest absolute Gasteiger partial charge is 0.298 e. The van der Waals surface area contributed by atoms with Gasteiger partial charge in [0.25, 0.3) is 11.5 Å². The summed E-state index contributed by atoms with van der Waals surface area (Å²) < 4.78 is 6.98. The van der Waals surface area contributed by atoms with E-state index in [0.29, 0.717) is 0 Å². The summed E-state index contributed by atoms with van der Waals surface area (Å²) in [5.74, 6) is 1.19. The van der Waals surface area contributed by atoms with Crippen molar-refractivity contribution in [1.29, 1.82) is 0 Å². The van der Waals surface area contributed by atoms with Gasteiger partial charge in [-0.25, -0.2) is 4.57 Å². The van der Waals surface area contributed by atoms with Crippen LogP contribution in [0.2, 0.25) is 0 Å². The third-order valence-electron chi connectivity index (χ3n) is 5.35. The Kier molecular flexibility index (Phi) is 2.54. The highest BCUT2D eigenvalue weighted by molar-refractivity contribution is 6.04. The molecule has 5 aromatic rings. The Morgan fingerprint density at radius 1 is 1.00 bits per heavy atom. The van der Waals surface area contributed by atoms with E-state index in [4.69, 9.17) is 0 Å². The van der Waals surface area contributed by atoms with E-state index in [1.165, 1.54) is 27.9 Å². The number of aromatic nitrogens is 5. The average Bonchev–Trinajstić information content (AvgIpc) is 3.31. The molecule has 6 rings (SSSR count). The van der Waals surface area contributed by atoms with Crippen LogP contribution in [0.15, 0.2) is 67.1 Å². The molecule has 0 saturated heterocycles. The highest BCUT2D eigenvalue weighted by Gasteiger charge is 2.38. The zero-order valence-corrected chi connectivity index (χ0v) is 14.3. The van der Waals surface area contributed by atoms with Gasteiger partial charge in [0.15, 0.2) is 0 Å². The standard InChI is InChI=1S/C21H16N5/c1-24-18-12-22-11-9-16(18)19-21(24)26(14-6-3-2-4-7-14)20-15-8-5-10-23-17(15)13-25(19)20/h2-12H,13H2,1H3/q+1. The second kappa shape index (κ2) is 4.79. The fourth-order valence-corrected chi connectivity index (χ4v) is 4.25. The first-order chi connectivity index (χ1) is 12.8. The summed E-state index contributed by atoms with van der Waals surface area (Å²) in [6, 6.07) is 16.8. The van der Waals surface area contributed by atoms with Gasteiger partial charge in [0.1, 0.15) is 12.2 Å². The third kappa shape index (κ3) is 1.57. The van der Waals surface area contributed by atoms with Crippen LogP contribution >= 0.6 is 0 Å². The minimum absolute atomic E-state index is 0.795. The van der Waals surface area contributed by atoms with E-state index < -0.39 is 0 Å². The molecule has 1 aromatic carbocycles. The SMILES string of the molecule is Cn1c2cnccc2c2c1n(-c1ccccc1)c1[n+]2Cc2ncccc2-1. The lowest BCUT2D eigenvalue weighted by Crippen LogP contribution is -2.31. The lowest BCUT2D eigenvalue weighted by Gasteiger charge is -2.03. The monoisotopic (exact) mass is 338 g/mol. The molecular weight excluding hydrogens is 322 g/mol. The summed E-state index contributed by atoms with van der Waals surface area (Å²) in [5, 5.41) is 1.22. The first-order valence-corrected chi connectivity index (χ1v) is 8.71. The summed E-state index contributed by atoms with van der Waals surface area (Å²) in [6.45, 7) is 0.795. The number of pyridine rings is 2. The molecule has 0 atom stereocenters. The Bertz CT molecular complexity index is 1310. The first kappa shape index (κ1) is 13.8. The van der Waals surface area contributed by atoms with Gasteiger partial charge in [-0.3, -0.25) is 9.97 Å². The molecule has 26 heavy (non-hydrogen) atoms. The van der Waals surface area contributed by atoms with Gasteiger partial charge in [-0.05, 0) is 30.3 Å². The van der Waals surface area contributed by atoms with E-state index in [1.807, 2.05) is 24.7 Å². The van der Waals surface area contributed by atoms with Gasteiger partial charge in [0.2, 0.25) is 5.52 Å². The molecule has 0 aliphatic carbocycles. The summed E-state index contributed by atoms with van der Waals surface area (Å²) in [5.41, 5.74) is 7.04. The summed E-state index contributed by atoms with van der Waals surface area (Å²) >= 11 is 0. The highest BCUT2D eigenvalue weighted by atomic mass is 15.3. The molecule has 0 amide bonds. The van der Waals surface area contributed by atoms with Crippen LogP contribution in [0.4, 0.5) is 0 Å². The van der Waals surface area contributed by atoms with Crippen LogP contribution in [-0.4, -0.2) is 19.1 Å². The van der Waals surface area contributed by atoms with Gasteiger partial charge < -0.3 is 4.57 Å². The second-order valence-corrected chi connectivity index (χ2v) is 6.70. The summed E-state index contributed by atoms with van der Waals surface area (Å²) in [4.78, 5) is 8.95. The largest absolute Gasteiger partial charge is 0.306 e. The minimum atomic E-state index is 0.795. The highest BCUT2D eigenvalue weighted by Crippen LogP contribution is 2.36. The van der Waals surface area contributed by atoms with Gasteiger partial charge in [-0.1, -0.05) is 18.2 Å². The number of aryl methyl sites for hydroxylation is 1. The number of rotatable bonds is 1. The van der Waals surface area contributed by atoms with Crippen molar-refractivity contribution in [3.05, 3.63) is 72.8 Å². The van der Waals surface area contributed by atoms with Crippen molar-refractivity contribution in [1.82, 2.24) is 19.1 Å². The Labute approximate surface area is 149 Å². The molecule has 124 valence electrons. The zero-order chi connectivity index (χ0) is 17.3. The Morgan fingerprint density at radius 2 is 1.88 bits per heavy atom. The van der Waals surface area contributed by atoms with E-state index >= 15 is 0 Å². The van der Waals surface area contributed by atoms with Crippen LogP contribution in [0.3, 0.4) is 0 Å². The van der Waals surface area contributed by atoms with E-state index in [0.717, 1.165) is 23.4 Å². The number of hydrogen-bond acceptors (Lipinski definition) is 2. The maximum Gasteiger partial charge on any atom is 0.298 e. The second-order valence-electron chi connectivity index (χ2n) is 6.70. The Hall–Kier alpha value is -3.47. The number of imidazole rings is 1. The van der Waals surface area contributed by atoms with Crippen molar-refractivity contribution in [2.75, 3.05) is 0 Å². The topological polar surface area (TPSA) is 39.5 Å². The Morgan fingerprint density at radius 3 is 2.77 bits per heavy atom. The van der Waals surface area contributed by atoms with Crippen LogP contribution < -0.4 is 4.57 Å². The van der Waals surface area contributed by atoms with Gasteiger partial charge in [0, 0.05) is 19.4 Å². The van der Waals surface area contributed by atoms with Crippen LogP contribution in [0, 0.1) is 0 Å². The van der Waals surface area contributed by atoms with Gasteiger partial charge >= 0.3 is 0 Å². The summed E-state index contributed by atoms with van der Waals surface area (Å²) in [7, 11) is 2.12. The van der Waals surface area contributed by atoms with Crippen molar-refractivity contribution < 1.29 is 4.57 Å². The van der Waals surface area contributed by atoms with E-state index in [-0.39, 0.29) is 0 Å². The predicted molar refractivity (Wildman–Crippen MR) is 100 cm³/mol. The van der Waals surface area contributed by atoms with Crippen molar-refractivity contribution in [3.8, 4) is 17.1 Å². The maximum atomic E-state index is 4.62. The number of fused-ring (bicyclic) bond motifs is 7. The molecule has 0 N–H and O–H groups in total. The summed E-state index contributed by atoms with van der Waals surface area (Å²) in [6.07, 6.45) is 5.69. The number of hydrogen-bond donors (Lipinski definition) is 0. The van der Waals surface area contributed by atoms with Crippen LogP contribution in [0.1, 0.15) is 5.69 Å². The molecule has 1 aliphatic rings. The molecule has 0 bridgehead atoms.